The maximum Gasteiger partial charge on any atom is 0.260 e. The summed E-state index contributed by atoms with van der Waals surface area (Å²) >= 11 is 0. The van der Waals surface area contributed by atoms with E-state index >= 15 is 0 Å². The minimum absolute atomic E-state index is 0.0252. The number of hydrogen-bond acceptors (Lipinski definition) is 8. The van der Waals surface area contributed by atoms with Crippen molar-refractivity contribution in [3.63, 3.8) is 0 Å². The molecule has 3 N–H and O–H groups in total. The van der Waals surface area contributed by atoms with Crippen LogP contribution in [-0.2, 0) is 4.74 Å². The smallest absolute Gasteiger partial charge is 0.260 e. The Morgan fingerprint density at radius 2 is 1.83 bits per heavy atom. The van der Waals surface area contributed by atoms with Crippen molar-refractivity contribution in [2.75, 3.05) is 60.3 Å². The van der Waals surface area contributed by atoms with E-state index in [0.29, 0.717) is 28.4 Å². The lowest BCUT2D eigenvalue weighted by Crippen LogP contribution is -2.52. The zero-order chi connectivity index (χ0) is 24.6. The number of nitrogens with zero attached hydrogens (tertiary/aromatic N) is 4. The summed E-state index contributed by atoms with van der Waals surface area (Å²) in [6, 6.07) is 9.27. The number of aliphatic hydroxyl groups is 1. The van der Waals surface area contributed by atoms with E-state index in [1.165, 1.54) is 12.8 Å². The Hall–Kier alpha value is -2.91. The fourth-order valence-electron chi connectivity index (χ4n) is 4.82. The number of hydrogen-bond donors (Lipinski definition) is 3. The summed E-state index contributed by atoms with van der Waals surface area (Å²) in [6.07, 6.45) is 5.14. The molecule has 1 spiro atoms. The van der Waals surface area contributed by atoms with Crippen molar-refractivity contribution in [1.29, 1.82) is 0 Å². The molecule has 2 saturated heterocycles. The summed E-state index contributed by atoms with van der Waals surface area (Å²) < 4.78 is 5.36. The second kappa shape index (κ2) is 9.28. The van der Waals surface area contributed by atoms with Crippen LogP contribution in [-0.4, -0.2) is 72.5 Å². The number of aromatic nitrogens is 2. The molecule has 1 aliphatic carbocycles. The van der Waals surface area contributed by atoms with Crippen LogP contribution in [0.4, 0.5) is 23.3 Å². The molecule has 9 heteroatoms. The number of carbonyl (C=O) groups is 1. The Kier molecular flexibility index (Phi) is 6.31. The van der Waals surface area contributed by atoms with Crippen LogP contribution in [0.25, 0.3) is 0 Å². The van der Waals surface area contributed by atoms with E-state index in [2.05, 4.69) is 25.4 Å². The SMILES string of the molecule is COC1CN(c2cccc(NC(=O)c3ccc(NC(C)(C)CO)nc3N3CCC4(CC3)CC4)n2)C1. The van der Waals surface area contributed by atoms with E-state index in [4.69, 9.17) is 9.72 Å². The van der Waals surface area contributed by atoms with Crippen LogP contribution in [0.2, 0.25) is 0 Å². The van der Waals surface area contributed by atoms with E-state index < -0.39 is 5.54 Å². The maximum atomic E-state index is 13.4. The monoisotopic (exact) mass is 480 g/mol. The van der Waals surface area contributed by atoms with Gasteiger partial charge in [0.15, 0.2) is 0 Å². The first kappa shape index (κ1) is 23.8. The van der Waals surface area contributed by atoms with Crippen LogP contribution in [0.1, 0.15) is 49.9 Å². The summed E-state index contributed by atoms with van der Waals surface area (Å²) in [5.74, 6) is 2.44. The predicted octanol–water partition coefficient (Wildman–Crippen LogP) is 3.13. The van der Waals surface area contributed by atoms with E-state index in [1.54, 1.807) is 19.2 Å². The van der Waals surface area contributed by atoms with Crippen molar-refractivity contribution < 1.29 is 14.6 Å². The van der Waals surface area contributed by atoms with E-state index in [-0.39, 0.29) is 18.6 Å². The first-order valence-corrected chi connectivity index (χ1v) is 12.5. The third-order valence-corrected chi connectivity index (χ3v) is 7.54. The number of pyridine rings is 2. The molecular weight excluding hydrogens is 444 g/mol. The van der Waals surface area contributed by atoms with Crippen molar-refractivity contribution in [3.05, 3.63) is 35.9 Å². The van der Waals surface area contributed by atoms with Gasteiger partial charge >= 0.3 is 0 Å². The van der Waals surface area contributed by atoms with Crippen LogP contribution in [0.3, 0.4) is 0 Å². The number of ether oxygens (including phenoxy) is 1. The Morgan fingerprint density at radius 1 is 1.09 bits per heavy atom. The largest absolute Gasteiger partial charge is 0.394 e. The van der Waals surface area contributed by atoms with Gasteiger partial charge < -0.3 is 30.3 Å². The van der Waals surface area contributed by atoms with Crippen molar-refractivity contribution in [2.45, 2.75) is 51.2 Å². The topological polar surface area (TPSA) is 103 Å². The number of anilines is 4. The zero-order valence-corrected chi connectivity index (χ0v) is 20.9. The molecule has 2 aliphatic heterocycles. The number of amides is 1. The van der Waals surface area contributed by atoms with Crippen molar-refractivity contribution >= 4 is 29.2 Å². The van der Waals surface area contributed by atoms with Crippen molar-refractivity contribution in [2.24, 2.45) is 5.41 Å². The Bertz CT molecular complexity index is 1070. The number of aliphatic hydroxyl groups excluding tert-OH is 1. The van der Waals surface area contributed by atoms with Gasteiger partial charge in [-0.05, 0) is 69.2 Å². The van der Waals surface area contributed by atoms with Gasteiger partial charge in [-0.25, -0.2) is 9.97 Å². The molecule has 0 radical (unpaired) electrons. The van der Waals surface area contributed by atoms with Crippen LogP contribution in [0.15, 0.2) is 30.3 Å². The number of methoxy groups -OCH3 is 1. The highest BCUT2D eigenvalue weighted by atomic mass is 16.5. The van der Waals surface area contributed by atoms with Gasteiger partial charge in [0.1, 0.15) is 23.3 Å². The average Bonchev–Trinajstić information content (AvgIpc) is 3.57. The van der Waals surface area contributed by atoms with Crippen molar-refractivity contribution in [1.82, 2.24) is 9.97 Å². The molecule has 0 unspecified atom stereocenters. The third kappa shape index (κ3) is 5.21. The lowest BCUT2D eigenvalue weighted by molar-refractivity contribution is 0.0783. The Labute approximate surface area is 206 Å². The van der Waals surface area contributed by atoms with Gasteiger partial charge in [-0.3, -0.25) is 4.79 Å². The lowest BCUT2D eigenvalue weighted by atomic mass is 9.93. The number of carbonyl (C=O) groups excluding carboxylic acids is 1. The molecule has 2 aromatic heterocycles. The second-order valence-electron chi connectivity index (χ2n) is 10.8. The fraction of sp³-hybridized carbons (Fsp3) is 0.577. The molecule has 0 aromatic carbocycles. The maximum absolute atomic E-state index is 13.4. The van der Waals surface area contributed by atoms with Gasteiger partial charge in [0.05, 0.1) is 23.8 Å². The van der Waals surface area contributed by atoms with Gasteiger partial charge in [-0.15, -0.1) is 0 Å². The van der Waals surface area contributed by atoms with E-state index in [1.807, 2.05) is 32.0 Å². The molecule has 188 valence electrons. The number of nitrogens with one attached hydrogen (secondary N) is 2. The molecule has 3 aliphatic rings. The zero-order valence-electron chi connectivity index (χ0n) is 20.9. The Balaban J connectivity index is 1.36. The third-order valence-electron chi connectivity index (χ3n) is 7.54. The highest BCUT2D eigenvalue weighted by Crippen LogP contribution is 2.54. The molecule has 3 fully saturated rings. The number of piperidine rings is 1. The summed E-state index contributed by atoms with van der Waals surface area (Å²) in [4.78, 5) is 27.3. The summed E-state index contributed by atoms with van der Waals surface area (Å²) in [5, 5.41) is 15.9. The molecule has 35 heavy (non-hydrogen) atoms. The highest BCUT2D eigenvalue weighted by Gasteiger charge is 2.45. The second-order valence-corrected chi connectivity index (χ2v) is 10.8. The quantitative estimate of drug-likeness (QED) is 0.530. The van der Waals surface area contributed by atoms with Crippen LogP contribution < -0.4 is 20.4 Å². The minimum atomic E-state index is -0.517. The molecule has 1 amide bonds. The molecule has 5 rings (SSSR count). The van der Waals surface area contributed by atoms with Crippen LogP contribution in [0.5, 0.6) is 0 Å². The fourth-order valence-corrected chi connectivity index (χ4v) is 4.82. The predicted molar refractivity (Wildman–Crippen MR) is 137 cm³/mol. The van der Waals surface area contributed by atoms with E-state index in [9.17, 15) is 9.90 Å². The molecule has 4 heterocycles. The molecular formula is C26H36N6O3. The summed E-state index contributed by atoms with van der Waals surface area (Å²) in [5.41, 5.74) is 0.535. The van der Waals surface area contributed by atoms with Gasteiger partial charge in [-0.2, -0.15) is 0 Å². The van der Waals surface area contributed by atoms with Gasteiger partial charge in [0.2, 0.25) is 0 Å². The highest BCUT2D eigenvalue weighted by molar-refractivity contribution is 6.07. The first-order chi connectivity index (χ1) is 16.8. The normalized spacial score (nSPS) is 19.4. The van der Waals surface area contributed by atoms with Gasteiger partial charge in [0, 0.05) is 33.3 Å². The molecule has 9 nitrogen and oxygen atoms in total. The van der Waals surface area contributed by atoms with Gasteiger partial charge in [0.25, 0.3) is 5.91 Å². The molecule has 1 saturated carbocycles. The standard InChI is InChI=1S/C26H36N6O3/c1-25(2,17-33)30-21-8-7-19(23(28-21)31-13-11-26(9-10-26)12-14-31)24(34)29-20-5-4-6-22(27-20)32-15-18(16-32)35-3/h4-8,18,33H,9-17H2,1-3H3,(H,28,30)(H,27,29,34). The molecule has 2 aromatic rings. The number of rotatable bonds is 8. The first-order valence-electron chi connectivity index (χ1n) is 12.5. The Morgan fingerprint density at radius 3 is 2.49 bits per heavy atom. The average molecular weight is 481 g/mol. The van der Waals surface area contributed by atoms with Crippen LogP contribution >= 0.6 is 0 Å². The molecule has 0 bridgehead atoms. The molecule has 0 atom stereocenters. The summed E-state index contributed by atoms with van der Waals surface area (Å²) in [7, 11) is 1.72. The van der Waals surface area contributed by atoms with E-state index in [0.717, 1.165) is 44.8 Å². The van der Waals surface area contributed by atoms with Crippen molar-refractivity contribution in [3.8, 4) is 0 Å². The lowest BCUT2D eigenvalue weighted by Gasteiger charge is -2.39. The summed E-state index contributed by atoms with van der Waals surface area (Å²) in [6.45, 7) is 7.18. The minimum Gasteiger partial charge on any atom is -0.394 e. The van der Waals surface area contributed by atoms with Gasteiger partial charge in [-0.1, -0.05) is 6.07 Å². The van der Waals surface area contributed by atoms with Crippen LogP contribution in [0, 0.1) is 5.41 Å².